The van der Waals surface area contributed by atoms with Crippen molar-refractivity contribution in [1.82, 2.24) is 10.0 Å². The molecule has 0 aromatic heterocycles. The van der Waals surface area contributed by atoms with Gasteiger partial charge in [-0.15, -0.1) is 0 Å². The van der Waals surface area contributed by atoms with Gasteiger partial charge in [0.2, 0.25) is 15.9 Å². The van der Waals surface area contributed by atoms with Gasteiger partial charge < -0.3 is 5.32 Å². The van der Waals surface area contributed by atoms with Crippen molar-refractivity contribution in [3.05, 3.63) is 63.6 Å². The largest absolute Gasteiger partial charge is 0.347 e. The van der Waals surface area contributed by atoms with E-state index in [-0.39, 0.29) is 29.3 Å². The lowest BCUT2D eigenvalue weighted by Crippen LogP contribution is -2.37. The highest BCUT2D eigenvalue weighted by Gasteiger charge is 2.45. The Morgan fingerprint density at radius 1 is 1.07 bits per heavy atom. The highest BCUT2D eigenvalue weighted by molar-refractivity contribution is 9.10. The van der Waals surface area contributed by atoms with Gasteiger partial charge in [-0.25, -0.2) is 13.1 Å². The summed E-state index contributed by atoms with van der Waals surface area (Å²) in [6.07, 6.45) is 1.89. The third-order valence-electron chi connectivity index (χ3n) is 4.96. The highest BCUT2D eigenvalue weighted by atomic mass is 79.9. The lowest BCUT2D eigenvalue weighted by molar-refractivity contribution is -0.122. The van der Waals surface area contributed by atoms with Crippen LogP contribution in [-0.2, 0) is 20.4 Å². The number of nitrogens with one attached hydrogen (secondary N) is 2. The summed E-state index contributed by atoms with van der Waals surface area (Å²) in [5.41, 5.74) is 2.73. The molecule has 1 fully saturated rings. The van der Waals surface area contributed by atoms with Crippen molar-refractivity contribution in [2.75, 3.05) is 6.54 Å². The molecule has 1 aliphatic carbocycles. The van der Waals surface area contributed by atoms with Crippen LogP contribution in [0.5, 0.6) is 0 Å². The number of carbonyl (C=O) groups is 1. The standard InChI is InChI=1S/C20H23BrN2O3S/c1-14-3-8-18(13-15(14)2)27(25,26)22-12-9-19(24)23-20(10-11-20)16-4-6-17(21)7-5-16/h3-8,13,22H,9-12H2,1-2H3,(H,23,24). The molecule has 0 heterocycles. The molecule has 0 spiro atoms. The number of aryl methyl sites for hydroxylation is 2. The molecule has 2 aromatic carbocycles. The van der Waals surface area contributed by atoms with Crippen molar-refractivity contribution in [3.8, 4) is 0 Å². The third-order valence-corrected chi connectivity index (χ3v) is 6.95. The van der Waals surface area contributed by atoms with Gasteiger partial charge in [-0.05, 0) is 67.6 Å². The van der Waals surface area contributed by atoms with Crippen molar-refractivity contribution in [2.45, 2.75) is 43.5 Å². The summed E-state index contributed by atoms with van der Waals surface area (Å²) in [5, 5.41) is 3.06. The first-order valence-corrected chi connectivity index (χ1v) is 11.1. The Bertz CT molecular complexity index is 952. The summed E-state index contributed by atoms with van der Waals surface area (Å²) >= 11 is 3.41. The molecule has 1 aliphatic rings. The molecule has 3 rings (SSSR count). The third kappa shape index (κ3) is 4.78. The maximum Gasteiger partial charge on any atom is 0.240 e. The number of carbonyl (C=O) groups excluding carboxylic acids is 1. The number of hydrogen-bond acceptors (Lipinski definition) is 3. The molecule has 0 unspecified atom stereocenters. The Balaban J connectivity index is 1.55. The molecule has 0 aliphatic heterocycles. The van der Waals surface area contributed by atoms with E-state index >= 15 is 0 Å². The summed E-state index contributed by atoms with van der Waals surface area (Å²) in [6.45, 7) is 3.87. The van der Waals surface area contributed by atoms with Gasteiger partial charge in [0, 0.05) is 17.4 Å². The number of halogens is 1. The Morgan fingerprint density at radius 2 is 1.74 bits per heavy atom. The van der Waals surface area contributed by atoms with Crippen LogP contribution < -0.4 is 10.0 Å². The van der Waals surface area contributed by atoms with Gasteiger partial charge in [-0.1, -0.05) is 34.1 Å². The van der Waals surface area contributed by atoms with Crippen molar-refractivity contribution in [2.24, 2.45) is 0 Å². The number of hydrogen-bond donors (Lipinski definition) is 2. The van der Waals surface area contributed by atoms with Gasteiger partial charge in [-0.2, -0.15) is 0 Å². The average molecular weight is 451 g/mol. The van der Waals surface area contributed by atoms with E-state index in [1.165, 1.54) is 0 Å². The highest BCUT2D eigenvalue weighted by Crippen LogP contribution is 2.45. The Morgan fingerprint density at radius 3 is 2.33 bits per heavy atom. The van der Waals surface area contributed by atoms with Gasteiger partial charge in [0.15, 0.2) is 0 Å². The number of amides is 1. The van der Waals surface area contributed by atoms with E-state index < -0.39 is 10.0 Å². The molecule has 0 saturated heterocycles. The zero-order chi connectivity index (χ0) is 19.7. The van der Waals surface area contributed by atoms with Crippen molar-refractivity contribution < 1.29 is 13.2 Å². The summed E-state index contributed by atoms with van der Waals surface area (Å²) < 4.78 is 28.3. The zero-order valence-electron chi connectivity index (χ0n) is 15.4. The maximum absolute atomic E-state index is 12.4. The van der Waals surface area contributed by atoms with Crippen LogP contribution in [0.3, 0.4) is 0 Å². The van der Waals surface area contributed by atoms with Gasteiger partial charge in [-0.3, -0.25) is 4.79 Å². The Labute approximate surface area is 168 Å². The molecule has 7 heteroatoms. The van der Waals surface area contributed by atoms with Crippen LogP contribution >= 0.6 is 15.9 Å². The topological polar surface area (TPSA) is 75.3 Å². The van der Waals surface area contributed by atoms with Crippen LogP contribution in [0.2, 0.25) is 0 Å². The summed E-state index contributed by atoms with van der Waals surface area (Å²) in [5.74, 6) is -0.154. The fourth-order valence-corrected chi connectivity index (χ4v) is 4.35. The molecule has 2 aromatic rings. The summed E-state index contributed by atoms with van der Waals surface area (Å²) in [7, 11) is -3.62. The number of rotatable bonds is 7. The second-order valence-corrected chi connectivity index (χ2v) is 9.71. The van der Waals surface area contributed by atoms with E-state index in [1.807, 2.05) is 38.1 Å². The van der Waals surface area contributed by atoms with Gasteiger partial charge in [0.25, 0.3) is 0 Å². The van der Waals surface area contributed by atoms with Crippen molar-refractivity contribution >= 4 is 31.9 Å². The molecule has 0 atom stereocenters. The van der Waals surface area contributed by atoms with Gasteiger partial charge >= 0.3 is 0 Å². The van der Waals surface area contributed by atoms with Crippen molar-refractivity contribution in [3.63, 3.8) is 0 Å². The second kappa shape index (κ2) is 7.73. The fraction of sp³-hybridized carbons (Fsp3) is 0.350. The van der Waals surface area contributed by atoms with E-state index in [9.17, 15) is 13.2 Å². The minimum absolute atomic E-state index is 0.0670. The fourth-order valence-electron chi connectivity index (χ4n) is 2.97. The quantitative estimate of drug-likeness (QED) is 0.676. The zero-order valence-corrected chi connectivity index (χ0v) is 17.8. The number of sulfonamides is 1. The van der Waals surface area contributed by atoms with Crippen LogP contribution in [0.1, 0.15) is 36.0 Å². The first-order valence-electron chi connectivity index (χ1n) is 8.86. The predicted molar refractivity (Wildman–Crippen MR) is 109 cm³/mol. The molecule has 2 N–H and O–H groups in total. The first kappa shape index (κ1) is 20.0. The monoisotopic (exact) mass is 450 g/mol. The molecule has 144 valence electrons. The van der Waals surface area contributed by atoms with E-state index in [0.29, 0.717) is 0 Å². The molecular formula is C20H23BrN2O3S. The van der Waals surface area contributed by atoms with Crippen LogP contribution in [0, 0.1) is 13.8 Å². The molecule has 1 amide bonds. The number of benzene rings is 2. The molecule has 1 saturated carbocycles. The Kier molecular flexibility index (Phi) is 5.74. The predicted octanol–water partition coefficient (Wildman–Crippen LogP) is 3.54. The van der Waals surface area contributed by atoms with E-state index in [2.05, 4.69) is 26.0 Å². The van der Waals surface area contributed by atoms with Crippen LogP contribution in [-0.4, -0.2) is 20.9 Å². The second-order valence-electron chi connectivity index (χ2n) is 7.03. The first-order chi connectivity index (χ1) is 12.7. The molecule has 0 radical (unpaired) electrons. The SMILES string of the molecule is Cc1ccc(S(=O)(=O)NCCC(=O)NC2(c3ccc(Br)cc3)CC2)cc1C. The lowest BCUT2D eigenvalue weighted by atomic mass is 10.0. The molecular weight excluding hydrogens is 428 g/mol. The molecule has 0 bridgehead atoms. The Hall–Kier alpha value is -1.70. The minimum Gasteiger partial charge on any atom is -0.347 e. The normalized spacial score (nSPS) is 15.4. The van der Waals surface area contributed by atoms with Crippen LogP contribution in [0.4, 0.5) is 0 Å². The maximum atomic E-state index is 12.4. The van der Waals surface area contributed by atoms with E-state index in [4.69, 9.17) is 0 Å². The summed E-state index contributed by atoms with van der Waals surface area (Å²) in [6, 6.07) is 12.9. The lowest BCUT2D eigenvalue weighted by Gasteiger charge is -2.18. The minimum atomic E-state index is -3.62. The van der Waals surface area contributed by atoms with Crippen LogP contribution in [0.25, 0.3) is 0 Å². The van der Waals surface area contributed by atoms with Gasteiger partial charge in [0.05, 0.1) is 10.4 Å². The van der Waals surface area contributed by atoms with E-state index in [0.717, 1.165) is 34.0 Å². The average Bonchev–Trinajstić information content (AvgIpc) is 3.38. The smallest absolute Gasteiger partial charge is 0.240 e. The van der Waals surface area contributed by atoms with Crippen molar-refractivity contribution in [1.29, 1.82) is 0 Å². The summed E-state index contributed by atoms with van der Waals surface area (Å²) in [4.78, 5) is 12.5. The molecule has 5 nitrogen and oxygen atoms in total. The van der Waals surface area contributed by atoms with Gasteiger partial charge in [0.1, 0.15) is 0 Å². The van der Waals surface area contributed by atoms with E-state index in [1.54, 1.807) is 18.2 Å². The van der Waals surface area contributed by atoms with Crippen LogP contribution in [0.15, 0.2) is 51.8 Å². The molecule has 27 heavy (non-hydrogen) atoms.